The van der Waals surface area contributed by atoms with Crippen LogP contribution in [0.25, 0.3) is 11.4 Å². The summed E-state index contributed by atoms with van der Waals surface area (Å²) in [5, 5.41) is 6.11. The molecule has 1 aromatic carbocycles. The molecule has 1 saturated heterocycles. The minimum Gasteiger partial charge on any atom is -0.460 e. The number of methoxy groups -OCH3 is 1. The van der Waals surface area contributed by atoms with Crippen LogP contribution in [0.3, 0.4) is 0 Å². The molecule has 13 nitrogen and oxygen atoms in total. The Morgan fingerprint density at radius 3 is 2.20 bits per heavy atom. The first-order valence-electron chi connectivity index (χ1n) is 15.2. The van der Waals surface area contributed by atoms with Gasteiger partial charge in [-0.15, -0.1) is 0 Å². The van der Waals surface area contributed by atoms with Gasteiger partial charge in [-0.05, 0) is 48.0 Å². The molecule has 1 aromatic heterocycles. The summed E-state index contributed by atoms with van der Waals surface area (Å²) in [6.07, 6.45) is -0.510. The molecule has 1 unspecified atom stereocenters. The van der Waals surface area contributed by atoms with Crippen LogP contribution < -0.4 is 10.6 Å². The van der Waals surface area contributed by atoms with Crippen molar-refractivity contribution in [3.8, 4) is 11.4 Å². The van der Waals surface area contributed by atoms with Gasteiger partial charge < -0.3 is 34.6 Å². The predicted molar refractivity (Wildman–Crippen MR) is 169 cm³/mol. The van der Waals surface area contributed by atoms with E-state index in [4.69, 9.17) is 14.2 Å². The maximum absolute atomic E-state index is 13.7. The lowest BCUT2D eigenvalue weighted by Gasteiger charge is -2.36. The van der Waals surface area contributed by atoms with Crippen molar-refractivity contribution in [2.24, 2.45) is 0 Å². The average Bonchev–Trinajstić information content (AvgIpc) is 2.98. The van der Waals surface area contributed by atoms with Crippen LogP contribution >= 0.6 is 0 Å². The number of amides is 3. The summed E-state index contributed by atoms with van der Waals surface area (Å²) in [6, 6.07) is 9.71. The Labute approximate surface area is 265 Å². The SMILES string of the molecule is CCOC(=O)N1CCN(C(=O)C(CCC(=O)OC(C)(C)C)NC(=O)c2cc(NC(C)(C)COC)nc(-c3ccccc3)n2)CC1. The van der Waals surface area contributed by atoms with E-state index >= 15 is 0 Å². The molecule has 0 radical (unpaired) electrons. The van der Waals surface area contributed by atoms with Crippen molar-refractivity contribution < 1.29 is 33.4 Å². The largest absolute Gasteiger partial charge is 0.460 e. The Balaban J connectivity index is 1.87. The summed E-state index contributed by atoms with van der Waals surface area (Å²) in [5.74, 6) is -0.724. The van der Waals surface area contributed by atoms with E-state index in [0.717, 1.165) is 0 Å². The summed E-state index contributed by atoms with van der Waals surface area (Å²) < 4.78 is 15.8. The Bertz CT molecular complexity index is 1320. The molecule has 1 aliphatic heterocycles. The third-order valence-electron chi connectivity index (χ3n) is 6.74. The van der Waals surface area contributed by atoms with Gasteiger partial charge in [0.25, 0.3) is 5.91 Å². The molecule has 3 amide bonds. The van der Waals surface area contributed by atoms with Gasteiger partial charge >= 0.3 is 12.1 Å². The zero-order valence-electron chi connectivity index (χ0n) is 27.3. The summed E-state index contributed by atoms with van der Waals surface area (Å²) >= 11 is 0. The van der Waals surface area contributed by atoms with Crippen LogP contribution in [0.2, 0.25) is 0 Å². The number of rotatable bonds is 12. The number of hydrogen-bond donors (Lipinski definition) is 2. The van der Waals surface area contributed by atoms with Crippen molar-refractivity contribution in [1.29, 1.82) is 0 Å². The number of carbonyl (C=O) groups excluding carboxylic acids is 4. The van der Waals surface area contributed by atoms with Gasteiger partial charge in [0.1, 0.15) is 23.2 Å². The van der Waals surface area contributed by atoms with Crippen molar-refractivity contribution >= 4 is 29.7 Å². The zero-order valence-corrected chi connectivity index (χ0v) is 27.3. The Morgan fingerprint density at radius 1 is 0.956 bits per heavy atom. The summed E-state index contributed by atoms with van der Waals surface area (Å²) in [6.45, 7) is 12.6. The van der Waals surface area contributed by atoms with E-state index in [1.807, 2.05) is 44.2 Å². The minimum atomic E-state index is -1.05. The normalized spacial score (nSPS) is 14.4. The fourth-order valence-electron chi connectivity index (χ4n) is 4.78. The molecule has 1 fully saturated rings. The third kappa shape index (κ3) is 11.0. The van der Waals surface area contributed by atoms with Crippen molar-refractivity contribution in [3.63, 3.8) is 0 Å². The molecular weight excluding hydrogens is 580 g/mol. The molecule has 246 valence electrons. The number of benzene rings is 1. The number of piperazine rings is 1. The lowest BCUT2D eigenvalue weighted by atomic mass is 10.1. The van der Waals surface area contributed by atoms with Crippen LogP contribution in [0.1, 0.15) is 64.9 Å². The van der Waals surface area contributed by atoms with Gasteiger partial charge in [0, 0.05) is 51.3 Å². The molecule has 2 N–H and O–H groups in total. The van der Waals surface area contributed by atoms with Crippen LogP contribution in [0, 0.1) is 0 Å². The van der Waals surface area contributed by atoms with E-state index in [2.05, 4.69) is 20.6 Å². The highest BCUT2D eigenvalue weighted by atomic mass is 16.6. The average molecular weight is 627 g/mol. The fraction of sp³-hybridized carbons (Fsp3) is 0.562. The molecule has 3 rings (SSSR count). The summed E-state index contributed by atoms with van der Waals surface area (Å²) in [7, 11) is 1.60. The molecule has 1 atom stereocenters. The molecular formula is C32H46N6O7. The molecule has 2 aromatic rings. The number of aromatic nitrogens is 2. The van der Waals surface area contributed by atoms with Gasteiger partial charge in [-0.2, -0.15) is 0 Å². The highest BCUT2D eigenvalue weighted by Crippen LogP contribution is 2.21. The number of hydrogen-bond acceptors (Lipinski definition) is 10. The van der Waals surface area contributed by atoms with Crippen molar-refractivity contribution in [2.45, 2.75) is 71.6 Å². The number of nitrogens with zero attached hydrogens (tertiary/aromatic N) is 4. The molecule has 45 heavy (non-hydrogen) atoms. The second-order valence-corrected chi connectivity index (χ2v) is 12.4. The highest BCUT2D eigenvalue weighted by Gasteiger charge is 2.32. The lowest BCUT2D eigenvalue weighted by molar-refractivity contribution is -0.155. The predicted octanol–water partition coefficient (Wildman–Crippen LogP) is 3.50. The highest BCUT2D eigenvalue weighted by molar-refractivity contribution is 5.97. The molecule has 13 heteroatoms. The first-order valence-corrected chi connectivity index (χ1v) is 15.2. The van der Waals surface area contributed by atoms with Gasteiger partial charge in [0.05, 0.1) is 18.8 Å². The van der Waals surface area contributed by atoms with Crippen molar-refractivity contribution in [2.75, 3.05) is 51.8 Å². The Morgan fingerprint density at radius 2 is 1.60 bits per heavy atom. The maximum atomic E-state index is 13.7. The Hall–Kier alpha value is -4.26. The summed E-state index contributed by atoms with van der Waals surface area (Å²) in [4.78, 5) is 64.5. The Kier molecular flexibility index (Phi) is 12.2. The topological polar surface area (TPSA) is 152 Å². The molecule has 0 spiro atoms. The number of carbonyl (C=O) groups is 4. The van der Waals surface area contributed by atoms with Gasteiger partial charge in [0.15, 0.2) is 5.82 Å². The van der Waals surface area contributed by atoms with Gasteiger partial charge in [-0.3, -0.25) is 14.4 Å². The summed E-state index contributed by atoms with van der Waals surface area (Å²) in [5.41, 5.74) is -0.459. The van der Waals surface area contributed by atoms with Crippen molar-refractivity contribution in [3.05, 3.63) is 42.1 Å². The monoisotopic (exact) mass is 626 g/mol. The van der Waals surface area contributed by atoms with Crippen LogP contribution in [-0.4, -0.2) is 107 Å². The van der Waals surface area contributed by atoms with Crippen LogP contribution in [0.15, 0.2) is 36.4 Å². The number of nitrogens with one attached hydrogen (secondary N) is 2. The van der Waals surface area contributed by atoms with E-state index < -0.39 is 35.2 Å². The van der Waals surface area contributed by atoms with Gasteiger partial charge in [0.2, 0.25) is 5.91 Å². The van der Waals surface area contributed by atoms with Gasteiger partial charge in [-0.1, -0.05) is 30.3 Å². The molecule has 0 saturated carbocycles. The number of ether oxygens (including phenoxy) is 3. The quantitative estimate of drug-likeness (QED) is 0.335. The minimum absolute atomic E-state index is 0.0141. The zero-order chi connectivity index (χ0) is 33.2. The molecule has 0 bridgehead atoms. The first-order chi connectivity index (χ1) is 21.2. The molecule has 0 aliphatic carbocycles. The third-order valence-corrected chi connectivity index (χ3v) is 6.74. The van der Waals surface area contributed by atoms with E-state index in [9.17, 15) is 19.2 Å². The number of anilines is 1. The molecule has 2 heterocycles. The second kappa shape index (κ2) is 15.6. The van der Waals surface area contributed by atoms with E-state index in [0.29, 0.717) is 23.8 Å². The van der Waals surface area contributed by atoms with Crippen LogP contribution in [0.5, 0.6) is 0 Å². The lowest BCUT2D eigenvalue weighted by Crippen LogP contribution is -2.56. The second-order valence-electron chi connectivity index (χ2n) is 12.4. The first kappa shape index (κ1) is 35.2. The standard InChI is InChI=1S/C32H46N6O7/c1-8-44-30(42)38-18-16-37(17-19-38)29(41)23(14-15-26(39)45-31(2,3)4)34-28(40)24-20-25(36-32(5,6)21-43-7)35-27(33-24)22-12-10-9-11-13-22/h9-13,20,23H,8,14-19,21H2,1-7H3,(H,34,40)(H,33,35,36). The molecule has 1 aliphatic rings. The fourth-order valence-corrected chi connectivity index (χ4v) is 4.78. The van der Waals surface area contributed by atoms with Crippen LogP contribution in [0.4, 0.5) is 10.6 Å². The van der Waals surface area contributed by atoms with Crippen molar-refractivity contribution in [1.82, 2.24) is 25.1 Å². The smallest absolute Gasteiger partial charge is 0.409 e. The van der Waals surface area contributed by atoms with Crippen LogP contribution in [-0.2, 0) is 23.8 Å². The number of esters is 1. The van der Waals surface area contributed by atoms with E-state index in [1.165, 1.54) is 11.0 Å². The maximum Gasteiger partial charge on any atom is 0.409 e. The van der Waals surface area contributed by atoms with Gasteiger partial charge in [-0.25, -0.2) is 14.8 Å². The van der Waals surface area contributed by atoms with E-state index in [1.54, 1.807) is 39.7 Å². The van der Waals surface area contributed by atoms with E-state index in [-0.39, 0.29) is 57.2 Å².